The molecule has 0 aromatic heterocycles. The van der Waals surface area contributed by atoms with Crippen LogP contribution in [0.4, 0.5) is 8.78 Å². The Morgan fingerprint density at radius 2 is 2.00 bits per heavy atom. The summed E-state index contributed by atoms with van der Waals surface area (Å²) in [6.45, 7) is 0.347. The predicted octanol–water partition coefficient (Wildman–Crippen LogP) is 1.27. The smallest absolute Gasteiger partial charge is 0.387 e. The Hall–Kier alpha value is -1.25. The van der Waals surface area contributed by atoms with Gasteiger partial charge in [0.1, 0.15) is 5.75 Å². The first-order valence-electron chi connectivity index (χ1n) is 6.18. The SMILES string of the molecule is C[C@@H]1CN(S(=O)(=O)c2ccc(OC(F)F)cc2)CCN1. The van der Waals surface area contributed by atoms with Crippen LogP contribution in [0.3, 0.4) is 0 Å². The van der Waals surface area contributed by atoms with Crippen molar-refractivity contribution in [1.82, 2.24) is 9.62 Å². The van der Waals surface area contributed by atoms with E-state index in [4.69, 9.17) is 0 Å². The maximum absolute atomic E-state index is 12.4. The lowest BCUT2D eigenvalue weighted by Gasteiger charge is -2.31. The fourth-order valence-electron chi connectivity index (χ4n) is 2.06. The molecule has 2 rings (SSSR count). The zero-order valence-corrected chi connectivity index (χ0v) is 11.7. The topological polar surface area (TPSA) is 58.6 Å². The van der Waals surface area contributed by atoms with Crippen molar-refractivity contribution in [3.05, 3.63) is 24.3 Å². The van der Waals surface area contributed by atoms with Crippen LogP contribution >= 0.6 is 0 Å². The van der Waals surface area contributed by atoms with E-state index in [0.717, 1.165) is 0 Å². The Morgan fingerprint density at radius 3 is 2.55 bits per heavy atom. The molecule has 8 heteroatoms. The molecule has 1 aromatic rings. The summed E-state index contributed by atoms with van der Waals surface area (Å²) < 4.78 is 54.4. The van der Waals surface area contributed by atoms with E-state index >= 15 is 0 Å². The van der Waals surface area contributed by atoms with Gasteiger partial charge in [-0.25, -0.2) is 8.42 Å². The maximum atomic E-state index is 12.4. The Morgan fingerprint density at radius 1 is 1.35 bits per heavy atom. The number of hydrogen-bond acceptors (Lipinski definition) is 4. The Labute approximate surface area is 116 Å². The van der Waals surface area contributed by atoms with Gasteiger partial charge in [-0.2, -0.15) is 13.1 Å². The fourth-order valence-corrected chi connectivity index (χ4v) is 3.59. The fraction of sp³-hybridized carbons (Fsp3) is 0.500. The van der Waals surface area contributed by atoms with E-state index in [0.29, 0.717) is 19.6 Å². The minimum absolute atomic E-state index is 0.0624. The molecule has 20 heavy (non-hydrogen) atoms. The van der Waals surface area contributed by atoms with E-state index in [1.54, 1.807) is 0 Å². The minimum Gasteiger partial charge on any atom is -0.435 e. The molecular formula is C12H16F2N2O3S. The highest BCUT2D eigenvalue weighted by molar-refractivity contribution is 7.89. The number of ether oxygens (including phenoxy) is 1. The van der Waals surface area contributed by atoms with Crippen molar-refractivity contribution >= 4 is 10.0 Å². The molecule has 1 atom stereocenters. The third kappa shape index (κ3) is 3.44. The van der Waals surface area contributed by atoms with E-state index in [1.807, 2.05) is 6.92 Å². The number of rotatable bonds is 4. The lowest BCUT2D eigenvalue weighted by molar-refractivity contribution is -0.0498. The van der Waals surface area contributed by atoms with Crippen molar-refractivity contribution < 1.29 is 21.9 Å². The summed E-state index contributed by atoms with van der Waals surface area (Å²) in [4.78, 5) is 0.0771. The van der Waals surface area contributed by atoms with Crippen LogP contribution in [-0.4, -0.2) is 45.0 Å². The molecule has 0 aliphatic carbocycles. The van der Waals surface area contributed by atoms with E-state index in [9.17, 15) is 17.2 Å². The number of nitrogens with zero attached hydrogens (tertiary/aromatic N) is 1. The maximum Gasteiger partial charge on any atom is 0.387 e. The average Bonchev–Trinajstić information content (AvgIpc) is 2.38. The molecule has 0 amide bonds. The van der Waals surface area contributed by atoms with Crippen LogP contribution in [0.25, 0.3) is 0 Å². The molecule has 1 aliphatic rings. The van der Waals surface area contributed by atoms with E-state index < -0.39 is 16.6 Å². The van der Waals surface area contributed by atoms with E-state index in [2.05, 4.69) is 10.1 Å². The summed E-state index contributed by atoms with van der Waals surface area (Å²) in [6.07, 6.45) is 0. The zero-order valence-electron chi connectivity index (χ0n) is 10.9. The van der Waals surface area contributed by atoms with Crippen LogP contribution in [0.5, 0.6) is 5.75 Å². The molecule has 1 fully saturated rings. The molecular weight excluding hydrogens is 290 g/mol. The van der Waals surface area contributed by atoms with Crippen LogP contribution in [0, 0.1) is 0 Å². The highest BCUT2D eigenvalue weighted by Crippen LogP contribution is 2.21. The van der Waals surface area contributed by atoms with Crippen molar-refractivity contribution in [2.75, 3.05) is 19.6 Å². The van der Waals surface area contributed by atoms with Crippen LogP contribution < -0.4 is 10.1 Å². The second-order valence-corrected chi connectivity index (χ2v) is 6.51. The first-order chi connectivity index (χ1) is 9.39. The molecule has 0 radical (unpaired) electrons. The second-order valence-electron chi connectivity index (χ2n) is 4.57. The molecule has 1 N–H and O–H groups in total. The summed E-state index contributed by atoms with van der Waals surface area (Å²) in [5.41, 5.74) is 0. The van der Waals surface area contributed by atoms with Gasteiger partial charge in [0.25, 0.3) is 0 Å². The molecule has 0 saturated carbocycles. The molecule has 1 saturated heterocycles. The number of hydrogen-bond donors (Lipinski definition) is 1. The van der Waals surface area contributed by atoms with Gasteiger partial charge in [-0.1, -0.05) is 0 Å². The number of halogens is 2. The van der Waals surface area contributed by atoms with Crippen LogP contribution in [0.15, 0.2) is 29.2 Å². The quantitative estimate of drug-likeness (QED) is 0.910. The van der Waals surface area contributed by atoms with Crippen LogP contribution in [0.2, 0.25) is 0 Å². The lowest BCUT2D eigenvalue weighted by Crippen LogP contribution is -2.51. The van der Waals surface area contributed by atoms with Crippen molar-refractivity contribution in [3.8, 4) is 5.75 Å². The van der Waals surface area contributed by atoms with Gasteiger partial charge in [0.2, 0.25) is 10.0 Å². The zero-order chi connectivity index (χ0) is 14.8. The Balaban J connectivity index is 2.17. The summed E-state index contributed by atoms with van der Waals surface area (Å²) in [7, 11) is -3.59. The average molecular weight is 306 g/mol. The van der Waals surface area contributed by atoms with Gasteiger partial charge < -0.3 is 10.1 Å². The van der Waals surface area contributed by atoms with Gasteiger partial charge >= 0.3 is 6.61 Å². The molecule has 1 aliphatic heterocycles. The molecule has 0 spiro atoms. The standard InChI is InChI=1S/C12H16F2N2O3S/c1-9-8-16(7-6-15-9)20(17,18)11-4-2-10(3-5-11)19-12(13)14/h2-5,9,12,15H,6-8H2,1H3/t9-/m1/s1. The summed E-state index contributed by atoms with van der Waals surface area (Å²) in [5.74, 6) is -0.0624. The van der Waals surface area contributed by atoms with Crippen LogP contribution in [-0.2, 0) is 10.0 Å². The van der Waals surface area contributed by atoms with Gasteiger partial charge in [0, 0.05) is 25.7 Å². The normalized spacial score (nSPS) is 21.1. The highest BCUT2D eigenvalue weighted by Gasteiger charge is 2.28. The molecule has 0 unspecified atom stereocenters. The van der Waals surface area contributed by atoms with Gasteiger partial charge in [-0.3, -0.25) is 0 Å². The largest absolute Gasteiger partial charge is 0.435 e. The first kappa shape index (κ1) is 15.1. The van der Waals surface area contributed by atoms with Crippen molar-refractivity contribution in [1.29, 1.82) is 0 Å². The number of alkyl halides is 2. The van der Waals surface area contributed by atoms with Gasteiger partial charge in [-0.15, -0.1) is 0 Å². The van der Waals surface area contributed by atoms with Crippen molar-refractivity contribution in [2.24, 2.45) is 0 Å². The van der Waals surface area contributed by atoms with Gasteiger partial charge in [0.05, 0.1) is 4.90 Å². The molecule has 5 nitrogen and oxygen atoms in total. The van der Waals surface area contributed by atoms with Gasteiger partial charge in [0.15, 0.2) is 0 Å². The molecule has 0 bridgehead atoms. The Kier molecular flexibility index (Phi) is 4.56. The van der Waals surface area contributed by atoms with Crippen molar-refractivity contribution in [3.63, 3.8) is 0 Å². The van der Waals surface area contributed by atoms with Crippen LogP contribution in [0.1, 0.15) is 6.92 Å². The van der Waals surface area contributed by atoms with E-state index in [1.165, 1.54) is 28.6 Å². The highest BCUT2D eigenvalue weighted by atomic mass is 32.2. The summed E-state index contributed by atoms with van der Waals surface area (Å²) in [6, 6.07) is 5.09. The predicted molar refractivity (Wildman–Crippen MR) is 69.3 cm³/mol. The first-order valence-corrected chi connectivity index (χ1v) is 7.62. The monoisotopic (exact) mass is 306 g/mol. The molecule has 1 aromatic carbocycles. The molecule has 1 heterocycles. The lowest BCUT2D eigenvalue weighted by atomic mass is 10.3. The minimum atomic E-state index is -3.59. The van der Waals surface area contributed by atoms with E-state index in [-0.39, 0.29) is 16.7 Å². The summed E-state index contributed by atoms with van der Waals surface area (Å²) >= 11 is 0. The number of piperazine rings is 1. The van der Waals surface area contributed by atoms with Crippen molar-refractivity contribution in [2.45, 2.75) is 24.5 Å². The molecule has 112 valence electrons. The number of nitrogens with one attached hydrogen (secondary N) is 1. The van der Waals surface area contributed by atoms with Gasteiger partial charge in [-0.05, 0) is 31.2 Å². The summed E-state index contributed by atoms with van der Waals surface area (Å²) in [5, 5.41) is 3.16. The third-order valence-electron chi connectivity index (χ3n) is 3.02. The number of benzene rings is 1. The second kappa shape index (κ2) is 6.02. The Bertz CT molecular complexity index is 548. The third-order valence-corrected chi connectivity index (χ3v) is 4.90. The number of sulfonamides is 1.